The largest absolute Gasteiger partial charge is 0.205 e. The van der Waals surface area contributed by atoms with E-state index in [4.69, 9.17) is 5.26 Å². The lowest BCUT2D eigenvalue weighted by Crippen LogP contribution is -1.85. The van der Waals surface area contributed by atoms with E-state index < -0.39 is 5.82 Å². The summed E-state index contributed by atoms with van der Waals surface area (Å²) >= 11 is 0. The molecule has 3 heteroatoms. The summed E-state index contributed by atoms with van der Waals surface area (Å²) in [5, 5.41) is 8.35. The molecule has 0 saturated carbocycles. The quantitative estimate of drug-likeness (QED) is 0.588. The Morgan fingerprint density at radius 2 is 2.09 bits per heavy atom. The molecule has 1 nitrogen and oxygen atoms in total. The van der Waals surface area contributed by atoms with Crippen LogP contribution in [0, 0.1) is 24.1 Å². The zero-order valence-corrected chi connectivity index (χ0v) is 6.78. The van der Waals surface area contributed by atoms with E-state index in [0.717, 1.165) is 0 Å². The number of halogens is 2. The number of rotatable bonds is 0. The van der Waals surface area contributed by atoms with Gasteiger partial charge in [0.15, 0.2) is 0 Å². The van der Waals surface area contributed by atoms with Crippen molar-refractivity contribution in [1.29, 1.82) is 5.26 Å². The van der Waals surface area contributed by atoms with Crippen LogP contribution in [0.5, 0.6) is 0 Å². The summed E-state index contributed by atoms with van der Waals surface area (Å²) in [7, 11) is 0. The van der Waals surface area contributed by atoms with Crippen LogP contribution in [0.4, 0.5) is 4.39 Å². The van der Waals surface area contributed by atoms with E-state index in [-0.39, 0.29) is 18.0 Å². The average Bonchev–Trinajstić information content (AvgIpc) is 1.95. The second-order valence-corrected chi connectivity index (χ2v) is 2.05. The van der Waals surface area contributed by atoms with Crippen molar-refractivity contribution in [2.45, 2.75) is 6.92 Å². The van der Waals surface area contributed by atoms with E-state index >= 15 is 0 Å². The Balaban J connectivity index is 0.000001000. The summed E-state index contributed by atoms with van der Waals surface area (Å²) in [6.45, 7) is 1.64. The van der Waals surface area contributed by atoms with Gasteiger partial charge in [-0.1, -0.05) is 12.1 Å². The lowest BCUT2D eigenvalue weighted by Gasteiger charge is -1.94. The summed E-state index contributed by atoms with van der Waals surface area (Å²) < 4.78 is 12.8. The van der Waals surface area contributed by atoms with Gasteiger partial charge >= 0.3 is 0 Å². The number of benzene rings is 1. The predicted octanol–water partition coefficient (Wildman–Crippen LogP) is 2.43. The Kier molecular flexibility index (Phi) is 3.56. The monoisotopic (exact) mass is 171 g/mol. The fourth-order valence-electron chi connectivity index (χ4n) is 0.734. The third-order valence-corrected chi connectivity index (χ3v) is 1.31. The molecule has 0 aliphatic carbocycles. The molecule has 0 aromatic heterocycles. The van der Waals surface area contributed by atoms with Crippen molar-refractivity contribution in [3.05, 3.63) is 35.1 Å². The number of nitrogens with zero attached hydrogens (tertiary/aromatic N) is 1. The lowest BCUT2D eigenvalue weighted by atomic mass is 10.1. The predicted molar refractivity (Wildman–Crippen MR) is 43.1 cm³/mol. The fourth-order valence-corrected chi connectivity index (χ4v) is 0.734. The minimum Gasteiger partial charge on any atom is -0.205 e. The molecule has 0 bridgehead atoms. The molecule has 1 aromatic rings. The summed E-state index contributed by atoms with van der Waals surface area (Å²) in [6.07, 6.45) is 0. The summed E-state index contributed by atoms with van der Waals surface area (Å²) in [6, 6.07) is 6.52. The highest BCUT2D eigenvalue weighted by Crippen LogP contribution is 2.09. The zero-order chi connectivity index (χ0) is 7.56. The van der Waals surface area contributed by atoms with Crippen molar-refractivity contribution in [2.75, 3.05) is 0 Å². The van der Waals surface area contributed by atoms with Crippen LogP contribution in [-0.2, 0) is 0 Å². The minimum atomic E-state index is -0.412. The minimum absolute atomic E-state index is 0. The first-order chi connectivity index (χ1) is 4.75. The first kappa shape index (κ1) is 9.93. The Morgan fingerprint density at radius 3 is 2.55 bits per heavy atom. The smallest absolute Gasteiger partial charge is 0.143 e. The molecule has 58 valence electrons. The molecule has 11 heavy (non-hydrogen) atoms. The number of aryl methyl sites for hydroxylation is 1. The molecular weight excluding hydrogens is 165 g/mol. The van der Waals surface area contributed by atoms with Crippen LogP contribution < -0.4 is 0 Å². The average molecular weight is 172 g/mol. The van der Waals surface area contributed by atoms with Crippen LogP contribution in [0.2, 0.25) is 0 Å². The maximum Gasteiger partial charge on any atom is 0.143 e. The van der Waals surface area contributed by atoms with Gasteiger partial charge in [0.25, 0.3) is 0 Å². The van der Waals surface area contributed by atoms with E-state index in [1.165, 1.54) is 6.07 Å². The molecule has 0 aliphatic heterocycles. The molecule has 0 radical (unpaired) electrons. The molecule has 0 spiro atoms. The molecule has 0 amide bonds. The highest BCUT2D eigenvalue weighted by Gasteiger charge is 2.01. The topological polar surface area (TPSA) is 23.8 Å². The molecular formula is C8H7ClFN. The Labute approximate surface area is 70.9 Å². The van der Waals surface area contributed by atoms with Crippen LogP contribution in [0.1, 0.15) is 11.1 Å². The molecule has 0 unspecified atom stereocenters. The van der Waals surface area contributed by atoms with Crippen molar-refractivity contribution in [2.24, 2.45) is 0 Å². The molecule has 0 atom stereocenters. The normalized spacial score (nSPS) is 8.09. The van der Waals surface area contributed by atoms with Crippen molar-refractivity contribution < 1.29 is 4.39 Å². The maximum absolute atomic E-state index is 12.8. The van der Waals surface area contributed by atoms with E-state index in [1.54, 1.807) is 25.1 Å². The lowest BCUT2D eigenvalue weighted by molar-refractivity contribution is 0.614. The second-order valence-electron chi connectivity index (χ2n) is 2.05. The van der Waals surface area contributed by atoms with E-state index in [9.17, 15) is 4.39 Å². The molecule has 0 saturated heterocycles. The van der Waals surface area contributed by atoms with Gasteiger partial charge in [-0.2, -0.15) is 5.26 Å². The summed E-state index contributed by atoms with van der Waals surface area (Å²) in [5.74, 6) is -0.412. The highest BCUT2D eigenvalue weighted by molar-refractivity contribution is 5.85. The third kappa shape index (κ3) is 1.92. The van der Waals surface area contributed by atoms with Gasteiger partial charge in [-0.25, -0.2) is 4.39 Å². The van der Waals surface area contributed by atoms with Crippen LogP contribution in [0.15, 0.2) is 18.2 Å². The SMILES string of the molecule is Cc1cccc(C#N)c1F.Cl. The van der Waals surface area contributed by atoms with Gasteiger partial charge in [-0.3, -0.25) is 0 Å². The fraction of sp³-hybridized carbons (Fsp3) is 0.125. The van der Waals surface area contributed by atoms with Crippen molar-refractivity contribution >= 4 is 12.4 Å². The van der Waals surface area contributed by atoms with Crippen molar-refractivity contribution in [1.82, 2.24) is 0 Å². The Hall–Kier alpha value is -1.07. The van der Waals surface area contributed by atoms with Crippen molar-refractivity contribution in [3.63, 3.8) is 0 Å². The number of nitriles is 1. The van der Waals surface area contributed by atoms with Gasteiger partial charge in [0.1, 0.15) is 11.9 Å². The first-order valence-corrected chi connectivity index (χ1v) is 2.91. The molecule has 0 fully saturated rings. The third-order valence-electron chi connectivity index (χ3n) is 1.31. The van der Waals surface area contributed by atoms with Gasteiger partial charge in [0.2, 0.25) is 0 Å². The second kappa shape index (κ2) is 3.95. The molecule has 1 rings (SSSR count). The molecule has 0 heterocycles. The van der Waals surface area contributed by atoms with Crippen LogP contribution in [0.3, 0.4) is 0 Å². The van der Waals surface area contributed by atoms with E-state index in [0.29, 0.717) is 5.56 Å². The number of hydrogen-bond donors (Lipinski definition) is 0. The van der Waals surface area contributed by atoms with Crippen LogP contribution in [0.25, 0.3) is 0 Å². The Bertz CT molecular complexity index is 291. The van der Waals surface area contributed by atoms with Gasteiger partial charge in [0.05, 0.1) is 5.56 Å². The number of hydrogen-bond acceptors (Lipinski definition) is 1. The van der Waals surface area contributed by atoms with Gasteiger partial charge in [-0.15, -0.1) is 12.4 Å². The molecule has 1 aromatic carbocycles. The van der Waals surface area contributed by atoms with E-state index in [1.807, 2.05) is 0 Å². The standard InChI is InChI=1S/C8H6FN.ClH/c1-6-3-2-4-7(5-10)8(6)9;/h2-4H,1H3;1H. The zero-order valence-electron chi connectivity index (χ0n) is 5.97. The molecule has 0 aliphatic rings. The first-order valence-electron chi connectivity index (χ1n) is 2.91. The van der Waals surface area contributed by atoms with Gasteiger partial charge in [0, 0.05) is 0 Å². The van der Waals surface area contributed by atoms with Crippen LogP contribution in [-0.4, -0.2) is 0 Å². The van der Waals surface area contributed by atoms with Crippen LogP contribution >= 0.6 is 12.4 Å². The highest BCUT2D eigenvalue weighted by atomic mass is 35.5. The maximum atomic E-state index is 12.8. The van der Waals surface area contributed by atoms with Crippen molar-refractivity contribution in [3.8, 4) is 6.07 Å². The Morgan fingerprint density at radius 1 is 1.45 bits per heavy atom. The molecule has 0 N–H and O–H groups in total. The van der Waals surface area contributed by atoms with E-state index in [2.05, 4.69) is 0 Å². The van der Waals surface area contributed by atoms with Gasteiger partial charge in [-0.05, 0) is 18.6 Å². The summed E-state index contributed by atoms with van der Waals surface area (Å²) in [5.41, 5.74) is 0.624. The summed E-state index contributed by atoms with van der Waals surface area (Å²) in [4.78, 5) is 0. The van der Waals surface area contributed by atoms with Gasteiger partial charge < -0.3 is 0 Å².